The molecule has 3 N–H and O–H groups in total. The molecule has 40 heavy (non-hydrogen) atoms. The molecule has 214 valence electrons. The average Bonchev–Trinajstić information content (AvgIpc) is 3.31. The van der Waals surface area contributed by atoms with Crippen LogP contribution in [-0.2, 0) is 4.79 Å². The molecule has 0 bridgehead atoms. The molecule has 1 fully saturated rings. The number of aryl methyl sites for hydroxylation is 1. The Morgan fingerprint density at radius 1 is 1.18 bits per heavy atom. The van der Waals surface area contributed by atoms with Crippen molar-refractivity contribution in [3.8, 4) is 0 Å². The molecule has 0 spiro atoms. The zero-order valence-corrected chi connectivity index (χ0v) is 21.3. The number of alkyl halides is 5. The predicted molar refractivity (Wildman–Crippen MR) is 130 cm³/mol. The van der Waals surface area contributed by atoms with Crippen molar-refractivity contribution < 1.29 is 36.6 Å². The number of carbonyl (C=O) groups is 2. The first-order chi connectivity index (χ1) is 18.8. The molecule has 3 heterocycles. The molecule has 1 unspecified atom stereocenters. The van der Waals surface area contributed by atoms with E-state index in [1.54, 1.807) is 13.0 Å². The first-order valence-electron chi connectivity index (χ1n) is 12.3. The summed E-state index contributed by atoms with van der Waals surface area (Å²) >= 11 is 0. The largest absolute Gasteiger partial charge is 0.389 e. The van der Waals surface area contributed by atoms with Gasteiger partial charge < -0.3 is 15.7 Å². The predicted octanol–water partition coefficient (Wildman–Crippen LogP) is 3.88. The molecule has 0 radical (unpaired) electrons. The van der Waals surface area contributed by atoms with Crippen LogP contribution in [0.4, 0.5) is 22.0 Å². The molecule has 2 amide bonds. The fraction of sp³-hybridized carbons (Fsp3) is 0.440. The molecule has 3 aromatic rings. The van der Waals surface area contributed by atoms with Crippen molar-refractivity contribution in [1.29, 1.82) is 0 Å². The molecule has 0 saturated heterocycles. The third-order valence-electron chi connectivity index (χ3n) is 6.28. The van der Waals surface area contributed by atoms with Crippen LogP contribution in [0.1, 0.15) is 78.2 Å². The van der Waals surface area contributed by atoms with Crippen molar-refractivity contribution in [2.24, 2.45) is 0 Å². The third-order valence-corrected chi connectivity index (χ3v) is 6.28. The highest BCUT2D eigenvalue weighted by Gasteiger charge is 2.33. The summed E-state index contributed by atoms with van der Waals surface area (Å²) in [4.78, 5) is 37.1. The lowest BCUT2D eigenvalue weighted by molar-refractivity contribution is -0.145. The summed E-state index contributed by atoms with van der Waals surface area (Å²) in [6.07, 6.45) is -3.07. The quantitative estimate of drug-likeness (QED) is 0.214. The minimum absolute atomic E-state index is 0.0647. The van der Waals surface area contributed by atoms with Gasteiger partial charge in [-0.1, -0.05) is 11.6 Å². The summed E-state index contributed by atoms with van der Waals surface area (Å²) in [5.74, 6) is -4.29. The number of aliphatic hydroxyl groups is 1. The SMILES string of the molecule is Cc1cc(C(=O)NC(C=C2CCC(F)(F)CC2)c2cn3ncc([C@@H](O)NC(=O)CCC(F)(F)F)cc3n2)ncn1. The summed E-state index contributed by atoms with van der Waals surface area (Å²) in [5.41, 5.74) is 1.95. The fourth-order valence-electron chi connectivity index (χ4n) is 4.11. The van der Waals surface area contributed by atoms with Crippen LogP contribution in [0.25, 0.3) is 5.65 Å². The summed E-state index contributed by atoms with van der Waals surface area (Å²) < 4.78 is 65.8. The van der Waals surface area contributed by atoms with Crippen LogP contribution in [-0.4, -0.2) is 53.6 Å². The number of rotatable bonds is 8. The maximum atomic E-state index is 13.7. The van der Waals surface area contributed by atoms with E-state index in [9.17, 15) is 36.6 Å². The van der Waals surface area contributed by atoms with Crippen LogP contribution in [0.2, 0.25) is 0 Å². The summed E-state index contributed by atoms with van der Waals surface area (Å²) in [7, 11) is 0. The lowest BCUT2D eigenvalue weighted by atomic mass is 9.90. The van der Waals surface area contributed by atoms with Crippen LogP contribution in [0, 0.1) is 6.92 Å². The molecule has 2 atom stereocenters. The van der Waals surface area contributed by atoms with Crippen molar-refractivity contribution in [2.45, 2.75) is 69.8 Å². The molecule has 1 aliphatic carbocycles. The molecule has 10 nitrogen and oxygen atoms in total. The molecule has 1 saturated carbocycles. The number of hydrogen-bond donors (Lipinski definition) is 3. The first-order valence-corrected chi connectivity index (χ1v) is 12.3. The zero-order chi connectivity index (χ0) is 29.1. The highest BCUT2D eigenvalue weighted by atomic mass is 19.4. The van der Waals surface area contributed by atoms with E-state index >= 15 is 0 Å². The molecule has 15 heteroatoms. The highest BCUT2D eigenvalue weighted by molar-refractivity contribution is 5.92. The fourth-order valence-corrected chi connectivity index (χ4v) is 4.11. The Hall–Kier alpha value is -4.01. The number of allylic oxidation sites excluding steroid dienone is 1. The Bertz CT molecular complexity index is 1410. The van der Waals surface area contributed by atoms with E-state index in [2.05, 4.69) is 30.7 Å². The van der Waals surface area contributed by atoms with E-state index in [-0.39, 0.29) is 42.6 Å². The van der Waals surface area contributed by atoms with Gasteiger partial charge in [-0.2, -0.15) is 18.3 Å². The Morgan fingerprint density at radius 3 is 2.58 bits per heavy atom. The van der Waals surface area contributed by atoms with Crippen LogP contribution in [0.3, 0.4) is 0 Å². The number of hydrogen-bond acceptors (Lipinski definition) is 7. The maximum Gasteiger partial charge on any atom is 0.389 e. The highest BCUT2D eigenvalue weighted by Crippen LogP contribution is 2.36. The maximum absolute atomic E-state index is 13.7. The van der Waals surface area contributed by atoms with Crippen molar-refractivity contribution in [3.63, 3.8) is 0 Å². The number of amides is 2. The van der Waals surface area contributed by atoms with Crippen LogP contribution < -0.4 is 10.6 Å². The van der Waals surface area contributed by atoms with Gasteiger partial charge in [-0.05, 0) is 31.9 Å². The smallest absolute Gasteiger partial charge is 0.369 e. The van der Waals surface area contributed by atoms with Crippen molar-refractivity contribution in [2.75, 3.05) is 0 Å². The van der Waals surface area contributed by atoms with Crippen molar-refractivity contribution >= 4 is 17.5 Å². The molecular weight excluding hydrogens is 541 g/mol. The standard InChI is InChI=1S/C25H26F5N7O3/c1-14-8-18(32-13-31-14)23(40)35-17(9-15-2-5-24(26,27)6-3-15)19-12-37-20(34-19)10-16(11-33-37)22(39)36-21(38)4-7-25(28,29)30/h8-13,17,22,39H,2-7H2,1H3,(H,35,40)(H,36,38)/t17?,22-/m1/s1. The van der Waals surface area contributed by atoms with Gasteiger partial charge in [0.2, 0.25) is 11.8 Å². The van der Waals surface area contributed by atoms with Crippen molar-refractivity contribution in [1.82, 2.24) is 35.2 Å². The van der Waals surface area contributed by atoms with Gasteiger partial charge in [0.1, 0.15) is 12.0 Å². The number of nitrogens with one attached hydrogen (secondary N) is 2. The van der Waals surface area contributed by atoms with E-state index in [1.807, 2.05) is 0 Å². The Balaban J connectivity index is 1.57. The Morgan fingerprint density at radius 2 is 1.90 bits per heavy atom. The lowest BCUT2D eigenvalue weighted by Crippen LogP contribution is -2.29. The van der Waals surface area contributed by atoms with Gasteiger partial charge in [-0.25, -0.2) is 28.2 Å². The number of carbonyl (C=O) groups excluding carboxylic acids is 2. The van der Waals surface area contributed by atoms with E-state index in [0.29, 0.717) is 11.4 Å². The normalized spacial score (nSPS) is 16.8. The number of aromatic nitrogens is 5. The topological polar surface area (TPSA) is 134 Å². The molecular formula is C25H26F5N7O3. The number of aliphatic hydroxyl groups excluding tert-OH is 1. The number of nitrogens with zero attached hydrogens (tertiary/aromatic N) is 5. The van der Waals surface area contributed by atoms with E-state index in [0.717, 1.165) is 5.57 Å². The Labute approximate surface area is 224 Å². The van der Waals surface area contributed by atoms with E-state index in [1.165, 1.54) is 35.4 Å². The molecule has 4 rings (SSSR count). The van der Waals surface area contributed by atoms with Gasteiger partial charge in [0.05, 0.1) is 30.6 Å². The van der Waals surface area contributed by atoms with Gasteiger partial charge in [0.25, 0.3) is 5.91 Å². The Kier molecular flexibility index (Phi) is 8.42. The monoisotopic (exact) mass is 567 g/mol. The second-order valence-corrected chi connectivity index (χ2v) is 9.52. The van der Waals surface area contributed by atoms with E-state index in [4.69, 9.17) is 0 Å². The molecule has 1 aliphatic rings. The minimum atomic E-state index is -4.51. The second-order valence-electron chi connectivity index (χ2n) is 9.52. The van der Waals surface area contributed by atoms with Gasteiger partial charge in [0.15, 0.2) is 11.9 Å². The second kappa shape index (κ2) is 11.6. The summed E-state index contributed by atoms with van der Waals surface area (Å²) in [6, 6.07) is 2.01. The third kappa shape index (κ3) is 7.77. The summed E-state index contributed by atoms with van der Waals surface area (Å²) in [6.45, 7) is 1.69. The lowest BCUT2D eigenvalue weighted by Gasteiger charge is -2.24. The molecule has 0 aromatic carbocycles. The number of halogens is 5. The zero-order valence-electron chi connectivity index (χ0n) is 21.3. The average molecular weight is 568 g/mol. The summed E-state index contributed by atoms with van der Waals surface area (Å²) in [5, 5.41) is 19.3. The number of fused-ring (bicyclic) bond motifs is 1. The van der Waals surface area contributed by atoms with Crippen LogP contribution in [0.5, 0.6) is 0 Å². The van der Waals surface area contributed by atoms with Gasteiger partial charge in [-0.3, -0.25) is 9.59 Å². The van der Waals surface area contributed by atoms with Crippen molar-refractivity contribution in [3.05, 3.63) is 65.1 Å². The van der Waals surface area contributed by atoms with E-state index < -0.39 is 49.0 Å². The number of imidazole rings is 1. The van der Waals surface area contributed by atoms with Crippen LogP contribution >= 0.6 is 0 Å². The van der Waals surface area contributed by atoms with Gasteiger partial charge >= 0.3 is 6.18 Å². The molecule has 3 aromatic heterocycles. The molecule has 0 aliphatic heterocycles. The van der Waals surface area contributed by atoms with Gasteiger partial charge in [-0.15, -0.1) is 0 Å². The van der Waals surface area contributed by atoms with Crippen LogP contribution in [0.15, 0.2) is 42.5 Å². The minimum Gasteiger partial charge on any atom is -0.369 e. The van der Waals surface area contributed by atoms with Gasteiger partial charge in [0, 0.05) is 30.5 Å². The first kappa shape index (κ1) is 29.0.